The standard InChI is InChI=1S/6C9H8N2O2.2C7H5N3O2/c1-5-4-10-11-8-7(12)3-6(2)13-9(5)8;1-5-3-13-9-6(2)10-4-11-7(9)8(5)12;1-5-3-10-6(2)8-7(5)9(12)11-4-13-8;1-5-3-7(12)8-6(2)10-4-11-9(8)13-5;1-5-3-10-7-8(6(5)2)13-4-11-9(7)12;1-5-3-6(2)11-9-7(5)8(12)10-4-13-9;1-4-2-12-7-5(6(4)11)8-3-9-10-7;1-4-2-9-10-7-5(4)6(11)8-3-12-7/h6*3-4H,1-2H3;2*2-3H,1H3. The van der Waals surface area contributed by atoms with E-state index < -0.39 is 0 Å². The predicted molar refractivity (Wildman–Crippen MR) is 367 cm³/mol. The van der Waals surface area contributed by atoms with E-state index in [-0.39, 0.29) is 60.9 Å². The molecule has 0 atom stereocenters. The van der Waals surface area contributed by atoms with Gasteiger partial charge in [-0.1, -0.05) is 0 Å². The van der Waals surface area contributed by atoms with Crippen molar-refractivity contribution in [2.75, 3.05) is 0 Å². The average molecular weight is 1380 g/mol. The smallest absolute Gasteiger partial charge is 0.302 e. The highest BCUT2D eigenvalue weighted by Crippen LogP contribution is 2.19. The van der Waals surface area contributed by atoms with Gasteiger partial charge in [-0.25, -0.2) is 34.9 Å². The highest BCUT2D eigenvalue weighted by Gasteiger charge is 2.13. The number of hydrogen-bond donors (Lipinski definition) is 0. The van der Waals surface area contributed by atoms with Crippen LogP contribution in [0.1, 0.15) is 78.8 Å². The van der Waals surface area contributed by atoms with E-state index >= 15 is 0 Å². The van der Waals surface area contributed by atoms with Crippen LogP contribution in [-0.2, 0) is 0 Å². The number of nitrogens with zero attached hydrogens (tertiary/aromatic N) is 18. The minimum Gasteiger partial charge on any atom is -0.460 e. The van der Waals surface area contributed by atoms with Gasteiger partial charge in [0.25, 0.3) is 28.1 Å². The van der Waals surface area contributed by atoms with Crippen LogP contribution in [0.4, 0.5) is 0 Å². The first-order valence-electron chi connectivity index (χ1n) is 30.1. The number of hydrogen-bond acceptors (Lipinski definition) is 34. The molecule has 0 unspecified atom stereocenters. The minimum atomic E-state index is -0.343. The summed E-state index contributed by atoms with van der Waals surface area (Å²) in [5.41, 5.74) is 11.7. The molecule has 0 bridgehead atoms. The average Bonchev–Trinajstić information content (AvgIpc) is 0.820. The molecule has 0 saturated carbocycles. The lowest BCUT2D eigenvalue weighted by Gasteiger charge is -2.00. The van der Waals surface area contributed by atoms with Gasteiger partial charge in [0.15, 0.2) is 75.4 Å². The number of rotatable bonds is 0. The van der Waals surface area contributed by atoms with Crippen LogP contribution in [0.2, 0.25) is 0 Å². The van der Waals surface area contributed by atoms with Crippen LogP contribution in [0, 0.1) is 96.9 Å². The zero-order valence-corrected chi connectivity index (χ0v) is 56.8. The zero-order chi connectivity index (χ0) is 73.6. The van der Waals surface area contributed by atoms with Gasteiger partial charge in [0.1, 0.15) is 52.9 Å². The molecule has 16 rings (SSSR count). The Morgan fingerprint density at radius 2 is 0.843 bits per heavy atom. The highest BCUT2D eigenvalue weighted by atomic mass is 16.4. The summed E-state index contributed by atoms with van der Waals surface area (Å²) in [6.45, 7) is 25.1. The molecule has 102 heavy (non-hydrogen) atoms. The predicted octanol–water partition coefficient (Wildman–Crippen LogP) is 7.77. The van der Waals surface area contributed by atoms with Crippen molar-refractivity contribution in [1.29, 1.82) is 0 Å². The summed E-state index contributed by atoms with van der Waals surface area (Å²) < 4.78 is 41.0. The topological polar surface area (TPSA) is 474 Å². The van der Waals surface area contributed by atoms with Gasteiger partial charge < -0.3 is 35.3 Å². The maximum Gasteiger partial charge on any atom is 0.302 e. The molecule has 16 aromatic rings. The molecule has 0 aliphatic heterocycles. The van der Waals surface area contributed by atoms with Crippen LogP contribution in [0.3, 0.4) is 0 Å². The van der Waals surface area contributed by atoms with Crippen molar-refractivity contribution in [1.82, 2.24) is 90.4 Å². The van der Waals surface area contributed by atoms with E-state index in [0.717, 1.165) is 64.6 Å². The largest absolute Gasteiger partial charge is 0.460 e. The minimum absolute atomic E-state index is 0.0862. The Morgan fingerprint density at radius 3 is 1.55 bits per heavy atom. The first-order valence-corrected chi connectivity index (χ1v) is 30.1. The number of aromatic nitrogens is 18. The van der Waals surface area contributed by atoms with Gasteiger partial charge >= 0.3 is 5.56 Å². The maximum atomic E-state index is 11.5. The molecule has 34 heteroatoms. The SMILES string of the molecule is Cc1cc(=O)c2c(C)ncnc2o1.Cc1cc(=O)c2nncc(C)c2o1.Cc1cc(C)c2c(=O)ncoc2n1.Cc1cnc2c(=O)ncoc2c1C.Cc1cnnc2ocnc(=O)c12.Cc1coc2c(C)ncnc2c1=O.Cc1coc2nncnc2c1=O.Cc1ncc(C)c2c(=O)ncoc12. The van der Waals surface area contributed by atoms with Crippen LogP contribution in [0.15, 0.2) is 174 Å². The molecular formula is C68H58N18O16. The van der Waals surface area contributed by atoms with Crippen LogP contribution in [-0.4, -0.2) is 90.4 Å². The highest BCUT2D eigenvalue weighted by molar-refractivity contribution is 5.81. The first-order chi connectivity index (χ1) is 48.7. The van der Waals surface area contributed by atoms with Gasteiger partial charge in [-0.05, 0) is 131 Å². The molecule has 34 nitrogen and oxygen atoms in total. The molecular weight excluding hydrogens is 1320 g/mol. The van der Waals surface area contributed by atoms with Gasteiger partial charge in [-0.15, -0.1) is 20.4 Å². The lowest BCUT2D eigenvalue weighted by atomic mass is 10.1. The van der Waals surface area contributed by atoms with E-state index in [9.17, 15) is 38.4 Å². The van der Waals surface area contributed by atoms with Crippen LogP contribution in [0.5, 0.6) is 0 Å². The summed E-state index contributed by atoms with van der Waals surface area (Å²) in [7, 11) is 0. The molecule has 16 heterocycles. The van der Waals surface area contributed by atoms with Crippen molar-refractivity contribution in [3.63, 3.8) is 0 Å². The lowest BCUT2D eigenvalue weighted by Crippen LogP contribution is -2.07. The molecule has 516 valence electrons. The quantitative estimate of drug-likeness (QED) is 0.140. The Bertz CT molecular complexity index is 6320. The van der Waals surface area contributed by atoms with Crippen LogP contribution >= 0.6 is 0 Å². The number of fused-ring (bicyclic) bond motifs is 8. The van der Waals surface area contributed by atoms with Crippen LogP contribution in [0.25, 0.3) is 88.8 Å². The molecule has 0 saturated heterocycles. The zero-order valence-electron chi connectivity index (χ0n) is 56.8. The maximum absolute atomic E-state index is 11.5. The summed E-state index contributed by atoms with van der Waals surface area (Å²) in [6, 6.07) is 4.69. The lowest BCUT2D eigenvalue weighted by molar-refractivity contribution is 0.552. The monoisotopic (exact) mass is 1380 g/mol. The molecule has 0 N–H and O–H groups in total. The van der Waals surface area contributed by atoms with Crippen LogP contribution < -0.4 is 44.0 Å². The summed E-state index contributed by atoms with van der Waals surface area (Å²) in [4.78, 5) is 136. The Morgan fingerprint density at radius 1 is 0.304 bits per heavy atom. The van der Waals surface area contributed by atoms with Crippen molar-refractivity contribution in [2.45, 2.75) is 96.9 Å². The molecule has 16 aromatic heterocycles. The first kappa shape index (κ1) is 72.4. The normalized spacial score (nSPS) is 10.6. The van der Waals surface area contributed by atoms with E-state index in [1.54, 1.807) is 74.0 Å². The fraction of sp³-hybridized carbons (Fsp3) is 0.206. The molecule has 0 fully saturated rings. The van der Waals surface area contributed by atoms with Gasteiger partial charge in [0.05, 0.1) is 41.1 Å². The van der Waals surface area contributed by atoms with Crippen molar-refractivity contribution in [3.05, 3.63) is 261 Å². The Hall–Kier alpha value is -13.8. The summed E-state index contributed by atoms with van der Waals surface area (Å²) in [5.74, 6) is 1.16. The molecule has 0 radical (unpaired) electrons. The second-order valence-corrected chi connectivity index (χ2v) is 22.1. The third kappa shape index (κ3) is 16.8. The molecule has 0 aliphatic carbocycles. The van der Waals surface area contributed by atoms with Crippen molar-refractivity contribution in [3.8, 4) is 0 Å². The van der Waals surface area contributed by atoms with E-state index in [1.165, 1.54) is 49.8 Å². The second-order valence-electron chi connectivity index (χ2n) is 22.1. The summed E-state index contributed by atoms with van der Waals surface area (Å²) in [5, 5.41) is 23.7. The third-order valence-electron chi connectivity index (χ3n) is 14.5. The van der Waals surface area contributed by atoms with E-state index in [2.05, 4.69) is 90.4 Å². The molecule has 0 aromatic carbocycles. The fourth-order valence-electron chi connectivity index (χ4n) is 9.24. The Labute approximate surface area is 570 Å². The third-order valence-corrected chi connectivity index (χ3v) is 14.5. The van der Waals surface area contributed by atoms with Crippen molar-refractivity contribution >= 4 is 88.8 Å². The molecule has 0 amide bonds. The molecule has 0 aliphatic rings. The van der Waals surface area contributed by atoms with Gasteiger partial charge in [-0.2, -0.15) is 30.1 Å². The number of pyridine rings is 3. The Balaban J connectivity index is 0.000000136. The summed E-state index contributed by atoms with van der Waals surface area (Å²) >= 11 is 0. The van der Waals surface area contributed by atoms with E-state index in [4.69, 9.17) is 35.3 Å². The van der Waals surface area contributed by atoms with Gasteiger partial charge in [0.2, 0.25) is 27.7 Å². The van der Waals surface area contributed by atoms with E-state index in [1.807, 2.05) is 47.6 Å². The number of aryl methyl sites for hydroxylation is 14. The van der Waals surface area contributed by atoms with Crippen molar-refractivity contribution in [2.24, 2.45) is 0 Å². The second kappa shape index (κ2) is 32.0. The Kier molecular flexibility index (Phi) is 22.8. The van der Waals surface area contributed by atoms with E-state index in [0.29, 0.717) is 112 Å². The van der Waals surface area contributed by atoms with Gasteiger partial charge in [-0.3, -0.25) is 43.3 Å². The van der Waals surface area contributed by atoms with Gasteiger partial charge in [0, 0.05) is 46.9 Å². The van der Waals surface area contributed by atoms with Crippen molar-refractivity contribution < 1.29 is 35.3 Å². The fourth-order valence-corrected chi connectivity index (χ4v) is 9.24. The molecule has 0 spiro atoms. The summed E-state index contributed by atoms with van der Waals surface area (Å²) in [6.07, 6.45) is 17.6.